The average Bonchev–Trinajstić information content (AvgIpc) is 2.70. The van der Waals surface area contributed by atoms with E-state index in [2.05, 4.69) is 4.98 Å². The summed E-state index contributed by atoms with van der Waals surface area (Å²) in [4.78, 5) is 14.5. The molecule has 0 radical (unpaired) electrons. The van der Waals surface area contributed by atoms with Crippen molar-refractivity contribution in [1.82, 2.24) is 4.98 Å². The Hall–Kier alpha value is -2.04. The SMILES string of the molecule is CC(=O)c1c(-c2ccc(C(F)(F)F)cc2)c[nH]c1C. The van der Waals surface area contributed by atoms with Gasteiger partial charge in [0.25, 0.3) is 0 Å². The molecule has 100 valence electrons. The third-order valence-electron chi connectivity index (χ3n) is 2.95. The first-order chi connectivity index (χ1) is 8.80. The van der Waals surface area contributed by atoms with E-state index >= 15 is 0 Å². The molecule has 0 unspecified atom stereocenters. The zero-order valence-corrected chi connectivity index (χ0v) is 10.4. The van der Waals surface area contributed by atoms with Crippen molar-refractivity contribution >= 4 is 5.78 Å². The molecule has 0 aliphatic rings. The fourth-order valence-electron chi connectivity index (χ4n) is 2.05. The maximum Gasteiger partial charge on any atom is 0.416 e. The normalized spacial score (nSPS) is 11.6. The molecule has 0 atom stereocenters. The van der Waals surface area contributed by atoms with Crippen LogP contribution in [-0.4, -0.2) is 10.8 Å². The summed E-state index contributed by atoms with van der Waals surface area (Å²) in [5.41, 5.74) is 1.73. The Morgan fingerprint density at radius 3 is 2.21 bits per heavy atom. The Kier molecular flexibility index (Phi) is 3.22. The minimum absolute atomic E-state index is 0.117. The molecular weight excluding hydrogens is 255 g/mol. The van der Waals surface area contributed by atoms with Crippen LogP contribution in [0.5, 0.6) is 0 Å². The van der Waals surface area contributed by atoms with Crippen molar-refractivity contribution in [3.8, 4) is 11.1 Å². The quantitative estimate of drug-likeness (QED) is 0.812. The van der Waals surface area contributed by atoms with Gasteiger partial charge in [-0.25, -0.2) is 0 Å². The molecule has 0 bridgehead atoms. The highest BCUT2D eigenvalue weighted by molar-refractivity contribution is 6.02. The van der Waals surface area contributed by atoms with Crippen molar-refractivity contribution in [2.45, 2.75) is 20.0 Å². The minimum Gasteiger partial charge on any atom is -0.364 e. The maximum atomic E-state index is 12.5. The predicted molar refractivity (Wildman–Crippen MR) is 66.0 cm³/mol. The van der Waals surface area contributed by atoms with Crippen LogP contribution in [0.3, 0.4) is 0 Å². The minimum atomic E-state index is -4.35. The van der Waals surface area contributed by atoms with E-state index in [-0.39, 0.29) is 5.78 Å². The van der Waals surface area contributed by atoms with E-state index in [1.165, 1.54) is 19.1 Å². The smallest absolute Gasteiger partial charge is 0.364 e. The number of aryl methyl sites for hydroxylation is 1. The molecular formula is C14H12F3NO. The topological polar surface area (TPSA) is 32.9 Å². The Morgan fingerprint density at radius 2 is 1.74 bits per heavy atom. The summed E-state index contributed by atoms with van der Waals surface area (Å²) in [5, 5.41) is 0. The van der Waals surface area contributed by atoms with Crippen LogP contribution in [0.15, 0.2) is 30.5 Å². The van der Waals surface area contributed by atoms with Gasteiger partial charge in [0.1, 0.15) is 0 Å². The summed E-state index contributed by atoms with van der Waals surface area (Å²) in [7, 11) is 0. The second-order valence-electron chi connectivity index (χ2n) is 4.33. The second-order valence-corrected chi connectivity index (χ2v) is 4.33. The number of Topliss-reactive ketones (excluding diaryl/α,β-unsaturated/α-hetero) is 1. The lowest BCUT2D eigenvalue weighted by molar-refractivity contribution is -0.137. The molecule has 1 heterocycles. The van der Waals surface area contributed by atoms with Crippen LogP contribution >= 0.6 is 0 Å². The molecule has 0 saturated heterocycles. The molecule has 2 rings (SSSR count). The van der Waals surface area contributed by atoms with Gasteiger partial charge in [-0.1, -0.05) is 12.1 Å². The largest absolute Gasteiger partial charge is 0.416 e. The predicted octanol–water partition coefficient (Wildman–Crippen LogP) is 4.21. The van der Waals surface area contributed by atoms with Gasteiger partial charge < -0.3 is 4.98 Å². The Balaban J connectivity index is 2.46. The zero-order valence-electron chi connectivity index (χ0n) is 10.4. The molecule has 2 aromatic rings. The number of benzene rings is 1. The third kappa shape index (κ3) is 2.54. The van der Waals surface area contributed by atoms with Crippen LogP contribution in [-0.2, 0) is 6.18 Å². The van der Waals surface area contributed by atoms with Crippen molar-refractivity contribution < 1.29 is 18.0 Å². The van der Waals surface area contributed by atoms with Crippen molar-refractivity contribution in [3.63, 3.8) is 0 Å². The maximum absolute atomic E-state index is 12.5. The summed E-state index contributed by atoms with van der Waals surface area (Å²) >= 11 is 0. The standard InChI is InChI=1S/C14H12F3NO/c1-8-13(9(2)19)12(7-18-8)10-3-5-11(6-4-10)14(15,16)17/h3-7,18H,1-2H3. The molecule has 1 aromatic heterocycles. The molecule has 0 aliphatic carbocycles. The zero-order chi connectivity index (χ0) is 14.2. The van der Waals surface area contributed by atoms with Gasteiger partial charge in [-0.2, -0.15) is 13.2 Å². The van der Waals surface area contributed by atoms with E-state index in [1.807, 2.05) is 0 Å². The van der Waals surface area contributed by atoms with Gasteiger partial charge in [-0.3, -0.25) is 4.79 Å². The number of halogens is 3. The number of alkyl halides is 3. The van der Waals surface area contributed by atoms with Gasteiger partial charge in [0.2, 0.25) is 0 Å². The van der Waals surface area contributed by atoms with Crippen LogP contribution in [0.4, 0.5) is 13.2 Å². The van der Waals surface area contributed by atoms with Crippen molar-refractivity contribution in [2.75, 3.05) is 0 Å². The Morgan fingerprint density at radius 1 is 1.16 bits per heavy atom. The van der Waals surface area contributed by atoms with Gasteiger partial charge in [-0.15, -0.1) is 0 Å². The lowest BCUT2D eigenvalue weighted by atomic mass is 9.99. The number of aromatic nitrogens is 1. The number of hydrogen-bond acceptors (Lipinski definition) is 1. The van der Waals surface area contributed by atoms with Crippen molar-refractivity contribution in [3.05, 3.63) is 47.3 Å². The summed E-state index contributed by atoms with van der Waals surface area (Å²) < 4.78 is 37.4. The first-order valence-electron chi connectivity index (χ1n) is 5.67. The van der Waals surface area contributed by atoms with Gasteiger partial charge in [0.15, 0.2) is 5.78 Å². The first kappa shape index (κ1) is 13.4. The van der Waals surface area contributed by atoms with Crippen LogP contribution < -0.4 is 0 Å². The highest BCUT2D eigenvalue weighted by atomic mass is 19.4. The average molecular weight is 267 g/mol. The summed E-state index contributed by atoms with van der Waals surface area (Å²) in [5.74, 6) is -0.117. The molecule has 2 nitrogen and oxygen atoms in total. The monoisotopic (exact) mass is 267 g/mol. The molecule has 1 aromatic carbocycles. The number of rotatable bonds is 2. The van der Waals surface area contributed by atoms with E-state index in [0.29, 0.717) is 22.4 Å². The van der Waals surface area contributed by atoms with Gasteiger partial charge >= 0.3 is 6.18 Å². The molecule has 0 aliphatic heterocycles. The number of H-pyrrole nitrogens is 1. The third-order valence-corrected chi connectivity index (χ3v) is 2.95. The second kappa shape index (κ2) is 4.57. The van der Waals surface area contributed by atoms with E-state index in [9.17, 15) is 18.0 Å². The molecule has 0 saturated carbocycles. The lowest BCUT2D eigenvalue weighted by Crippen LogP contribution is -2.04. The van der Waals surface area contributed by atoms with Crippen LogP contribution in [0.2, 0.25) is 0 Å². The number of ketones is 1. The summed E-state index contributed by atoms with van der Waals surface area (Å²) in [6, 6.07) is 4.78. The van der Waals surface area contributed by atoms with Gasteiger partial charge in [0.05, 0.1) is 5.56 Å². The van der Waals surface area contributed by atoms with Crippen LogP contribution in [0, 0.1) is 6.92 Å². The van der Waals surface area contributed by atoms with E-state index in [0.717, 1.165) is 12.1 Å². The number of carbonyl (C=O) groups is 1. The van der Waals surface area contributed by atoms with Gasteiger partial charge in [-0.05, 0) is 31.5 Å². The number of nitrogens with one attached hydrogen (secondary N) is 1. The molecule has 0 fully saturated rings. The molecule has 19 heavy (non-hydrogen) atoms. The lowest BCUT2D eigenvalue weighted by Gasteiger charge is -2.08. The first-order valence-corrected chi connectivity index (χ1v) is 5.67. The fraction of sp³-hybridized carbons (Fsp3) is 0.214. The Bertz CT molecular complexity index is 609. The van der Waals surface area contributed by atoms with E-state index in [4.69, 9.17) is 0 Å². The highest BCUT2D eigenvalue weighted by Crippen LogP contribution is 2.32. The molecule has 1 N–H and O–H groups in total. The molecule has 5 heteroatoms. The van der Waals surface area contributed by atoms with E-state index in [1.54, 1.807) is 13.1 Å². The van der Waals surface area contributed by atoms with Crippen LogP contribution in [0.25, 0.3) is 11.1 Å². The highest BCUT2D eigenvalue weighted by Gasteiger charge is 2.30. The fourth-order valence-corrected chi connectivity index (χ4v) is 2.05. The number of aromatic amines is 1. The van der Waals surface area contributed by atoms with E-state index < -0.39 is 11.7 Å². The number of hydrogen-bond donors (Lipinski definition) is 1. The summed E-state index contributed by atoms with van der Waals surface area (Å²) in [6.07, 6.45) is -2.72. The van der Waals surface area contributed by atoms with Crippen LogP contribution in [0.1, 0.15) is 28.5 Å². The molecule has 0 amide bonds. The van der Waals surface area contributed by atoms with Crippen molar-refractivity contribution in [1.29, 1.82) is 0 Å². The number of carbonyl (C=O) groups excluding carboxylic acids is 1. The van der Waals surface area contributed by atoms with Gasteiger partial charge in [0, 0.05) is 23.0 Å². The summed E-state index contributed by atoms with van der Waals surface area (Å²) in [6.45, 7) is 3.19. The van der Waals surface area contributed by atoms with Crippen molar-refractivity contribution in [2.24, 2.45) is 0 Å². The molecule has 0 spiro atoms. The Labute approximate surface area is 108 Å².